The normalized spacial score (nSPS) is 11.4. The van der Waals surface area contributed by atoms with Gasteiger partial charge in [0.05, 0.1) is 5.69 Å². The summed E-state index contributed by atoms with van der Waals surface area (Å²) in [6.45, 7) is 0. The van der Waals surface area contributed by atoms with Gasteiger partial charge in [-0.1, -0.05) is 53.2 Å². The maximum atomic E-state index is 12.7. The second-order valence-electron chi connectivity index (χ2n) is 6.50. The highest BCUT2D eigenvalue weighted by Crippen LogP contribution is 2.27. The predicted molar refractivity (Wildman–Crippen MR) is 126 cm³/mol. The van der Waals surface area contributed by atoms with E-state index in [1.54, 1.807) is 18.2 Å². The maximum absolute atomic E-state index is 12.7. The van der Waals surface area contributed by atoms with Gasteiger partial charge >= 0.3 is 0 Å². The lowest BCUT2D eigenvalue weighted by Gasteiger charge is -2.06. The molecule has 166 valence electrons. The van der Waals surface area contributed by atoms with Crippen LogP contribution in [0.1, 0.15) is 21.7 Å². The minimum Gasteiger partial charge on any atom is -0.378 e. The highest BCUT2D eigenvalue weighted by molar-refractivity contribution is 7.98. The molecular weight excluding hydrogens is 464 g/mol. The molecule has 0 atom stereocenters. The quantitative estimate of drug-likeness (QED) is 0.221. The van der Waals surface area contributed by atoms with E-state index in [1.807, 2.05) is 48.5 Å². The molecule has 0 bridgehead atoms. The van der Waals surface area contributed by atoms with Crippen molar-refractivity contribution in [1.29, 1.82) is 0 Å². The van der Waals surface area contributed by atoms with Crippen LogP contribution in [-0.2, 0) is 5.75 Å². The van der Waals surface area contributed by atoms with Crippen molar-refractivity contribution in [1.82, 2.24) is 30.7 Å². The number of amides is 1. The highest BCUT2D eigenvalue weighted by atomic mass is 35.5. The van der Waals surface area contributed by atoms with Crippen LogP contribution in [0.4, 0.5) is 5.82 Å². The summed E-state index contributed by atoms with van der Waals surface area (Å²) in [4.78, 5) is 13.7. The number of thioether (sulfide) groups is 1. The lowest BCUT2D eigenvalue weighted by molar-refractivity contribution is 0.0949. The number of hydrogen-bond acceptors (Lipinski definition) is 9. The van der Waals surface area contributed by atoms with Gasteiger partial charge in [0, 0.05) is 21.9 Å². The minimum atomic E-state index is -0.535. The number of nitrogens with zero attached hydrogens (tertiary/aromatic N) is 6. The fourth-order valence-corrected chi connectivity index (χ4v) is 3.73. The predicted octanol–water partition coefficient (Wildman–Crippen LogP) is 3.61. The summed E-state index contributed by atoms with van der Waals surface area (Å²) in [6, 6.07) is 17.0. The van der Waals surface area contributed by atoms with E-state index in [0.29, 0.717) is 16.5 Å². The lowest BCUT2D eigenvalue weighted by atomic mass is 10.2. The van der Waals surface area contributed by atoms with E-state index < -0.39 is 5.91 Å². The molecule has 2 heterocycles. The Morgan fingerprint density at radius 3 is 2.70 bits per heavy atom. The van der Waals surface area contributed by atoms with Crippen LogP contribution in [0.25, 0.3) is 11.9 Å². The molecule has 0 unspecified atom stereocenters. The van der Waals surface area contributed by atoms with Gasteiger partial charge in [-0.15, -0.1) is 16.9 Å². The van der Waals surface area contributed by atoms with Crippen LogP contribution in [-0.4, -0.2) is 37.4 Å². The van der Waals surface area contributed by atoms with Crippen molar-refractivity contribution in [2.45, 2.75) is 10.6 Å². The van der Waals surface area contributed by atoms with E-state index in [4.69, 9.17) is 17.3 Å². The Kier molecular flexibility index (Phi) is 7.12. The van der Waals surface area contributed by atoms with Gasteiger partial charge < -0.3 is 5.73 Å². The molecule has 0 radical (unpaired) electrons. The lowest BCUT2D eigenvalue weighted by Crippen LogP contribution is -2.20. The fraction of sp³-hybridized carbons (Fsp3) is 0.0476. The summed E-state index contributed by atoms with van der Waals surface area (Å²) in [5, 5.41) is 19.9. The van der Waals surface area contributed by atoms with Crippen LogP contribution in [0.5, 0.6) is 0 Å². The second kappa shape index (κ2) is 10.6. The van der Waals surface area contributed by atoms with E-state index in [0.717, 1.165) is 10.5 Å². The molecule has 2 aromatic heterocycles. The van der Waals surface area contributed by atoms with Gasteiger partial charge in [0.15, 0.2) is 5.69 Å². The van der Waals surface area contributed by atoms with Crippen molar-refractivity contribution in [3.63, 3.8) is 0 Å². The summed E-state index contributed by atoms with van der Waals surface area (Å²) in [5.41, 5.74) is 9.79. The number of carbonyl (C=O) groups excluding carboxylic acids is 1. The van der Waals surface area contributed by atoms with Gasteiger partial charge in [-0.05, 0) is 46.2 Å². The molecule has 0 fully saturated rings. The molecule has 33 heavy (non-hydrogen) atoms. The van der Waals surface area contributed by atoms with Crippen LogP contribution in [0.2, 0.25) is 5.02 Å². The summed E-state index contributed by atoms with van der Waals surface area (Å²) < 4.78 is 5.98. The van der Waals surface area contributed by atoms with E-state index in [-0.39, 0.29) is 17.3 Å². The Labute approximate surface area is 197 Å². The molecule has 0 aliphatic rings. The minimum absolute atomic E-state index is 0.0219. The largest absolute Gasteiger partial charge is 0.378 e. The van der Waals surface area contributed by atoms with Crippen LogP contribution >= 0.6 is 23.4 Å². The van der Waals surface area contributed by atoms with Crippen molar-refractivity contribution >= 4 is 47.4 Å². The molecule has 3 N–H and O–H groups in total. The number of hydrogen-bond donors (Lipinski definition) is 2. The zero-order valence-corrected chi connectivity index (χ0v) is 18.6. The van der Waals surface area contributed by atoms with Crippen molar-refractivity contribution in [3.05, 3.63) is 82.6 Å². The number of rotatable bonds is 8. The first kappa shape index (κ1) is 22.2. The monoisotopic (exact) mass is 480 g/mol. The third kappa shape index (κ3) is 5.64. The number of nitrogen functional groups attached to an aromatic ring is 1. The van der Waals surface area contributed by atoms with Crippen molar-refractivity contribution < 1.29 is 9.42 Å². The Bertz CT molecular complexity index is 1290. The Balaban J connectivity index is 1.51. The Morgan fingerprint density at radius 1 is 1.18 bits per heavy atom. The third-order valence-electron chi connectivity index (χ3n) is 4.28. The average molecular weight is 481 g/mol. The standard InChI is InChI=1S/C21H17ClN8O2S/c22-15-8-10-16(11-9-15)33-13-17-18(25-29-30(17)20-19(23)27-32-28-20)21(31)26-24-12-4-7-14-5-2-1-3-6-14/h1-12H,13H2,(H2,23,27)(H,26,31)/b7-4+,24-12-. The molecule has 10 nitrogen and oxygen atoms in total. The third-order valence-corrected chi connectivity index (χ3v) is 5.55. The zero-order chi connectivity index (χ0) is 23.0. The van der Waals surface area contributed by atoms with E-state index in [2.05, 4.69) is 35.8 Å². The molecule has 0 saturated carbocycles. The Hall–Kier alpha value is -3.96. The van der Waals surface area contributed by atoms with Crippen LogP contribution in [0, 0.1) is 0 Å². The molecule has 0 spiro atoms. The SMILES string of the molecule is Nc1nonc1-n1nnc(C(=O)N/N=C\C=C\c2ccccc2)c1CSc1ccc(Cl)cc1. The van der Waals surface area contributed by atoms with Gasteiger partial charge in [0.1, 0.15) is 0 Å². The van der Waals surface area contributed by atoms with E-state index in [1.165, 1.54) is 22.7 Å². The fourth-order valence-electron chi connectivity index (χ4n) is 2.71. The number of nitrogens with one attached hydrogen (secondary N) is 1. The molecule has 0 aliphatic heterocycles. The van der Waals surface area contributed by atoms with Crippen LogP contribution in [0.15, 0.2) is 75.3 Å². The Morgan fingerprint density at radius 2 is 1.97 bits per heavy atom. The molecule has 0 aliphatic carbocycles. The molecule has 0 saturated heterocycles. The summed E-state index contributed by atoms with van der Waals surface area (Å²) in [5.74, 6) is -0.0371. The number of benzene rings is 2. The summed E-state index contributed by atoms with van der Waals surface area (Å²) >= 11 is 7.41. The first-order valence-electron chi connectivity index (χ1n) is 9.58. The van der Waals surface area contributed by atoms with Crippen molar-refractivity contribution in [2.75, 3.05) is 5.73 Å². The van der Waals surface area contributed by atoms with Crippen LogP contribution in [0.3, 0.4) is 0 Å². The van der Waals surface area contributed by atoms with Crippen molar-refractivity contribution in [2.24, 2.45) is 5.10 Å². The van der Waals surface area contributed by atoms with E-state index >= 15 is 0 Å². The molecule has 1 amide bonds. The molecule has 4 rings (SSSR count). The summed E-state index contributed by atoms with van der Waals surface area (Å²) in [6.07, 6.45) is 5.04. The first-order valence-corrected chi connectivity index (χ1v) is 10.9. The number of aromatic nitrogens is 5. The highest BCUT2D eigenvalue weighted by Gasteiger charge is 2.23. The van der Waals surface area contributed by atoms with Gasteiger partial charge in [-0.3, -0.25) is 4.79 Å². The van der Waals surface area contributed by atoms with Gasteiger partial charge in [0.2, 0.25) is 11.6 Å². The second-order valence-corrected chi connectivity index (χ2v) is 7.99. The number of carbonyl (C=O) groups is 1. The number of nitrogens with two attached hydrogens (primary N) is 1. The van der Waals surface area contributed by atoms with Gasteiger partial charge in [-0.2, -0.15) is 9.78 Å². The maximum Gasteiger partial charge on any atom is 0.293 e. The number of hydrazone groups is 1. The number of halogens is 1. The zero-order valence-electron chi connectivity index (χ0n) is 17.0. The smallest absolute Gasteiger partial charge is 0.293 e. The van der Waals surface area contributed by atoms with Gasteiger partial charge in [-0.25, -0.2) is 10.1 Å². The average Bonchev–Trinajstić information content (AvgIpc) is 3.44. The van der Waals surface area contributed by atoms with Gasteiger partial charge in [0.25, 0.3) is 5.91 Å². The van der Waals surface area contributed by atoms with Crippen molar-refractivity contribution in [3.8, 4) is 5.82 Å². The number of allylic oxidation sites excluding steroid dienone is 1. The topological polar surface area (TPSA) is 137 Å². The number of anilines is 1. The molecule has 4 aromatic rings. The molecule has 2 aromatic carbocycles. The first-order chi connectivity index (χ1) is 16.1. The van der Waals surface area contributed by atoms with Crippen LogP contribution < -0.4 is 11.2 Å². The molecular formula is C21H17ClN8O2S. The molecule has 12 heteroatoms. The van der Waals surface area contributed by atoms with E-state index in [9.17, 15) is 4.79 Å². The summed E-state index contributed by atoms with van der Waals surface area (Å²) in [7, 11) is 0.